The van der Waals surface area contributed by atoms with Crippen molar-refractivity contribution in [2.24, 2.45) is 0 Å². The molecule has 1 aromatic carbocycles. The quantitative estimate of drug-likeness (QED) is 0.849. The molecule has 1 heterocycles. The van der Waals surface area contributed by atoms with Crippen LogP contribution in [0.15, 0.2) is 30.5 Å². The normalized spacial score (nSPS) is 12.9. The minimum absolute atomic E-state index is 0.507. The van der Waals surface area contributed by atoms with Crippen molar-refractivity contribution >= 4 is 10.9 Å². The molecule has 2 rings (SSSR count). The first-order chi connectivity index (χ1) is 7.85. The molecule has 0 amide bonds. The molecule has 1 N–H and O–H groups in total. The molecule has 0 bridgehead atoms. The van der Waals surface area contributed by atoms with Crippen LogP contribution in [-0.4, -0.2) is 23.3 Å². The predicted molar refractivity (Wildman–Crippen MR) is 66.4 cm³/mol. The molecule has 1 unspecified atom stereocenters. The van der Waals surface area contributed by atoms with Crippen LogP contribution in [0.5, 0.6) is 0 Å². The number of nitrogens with one attached hydrogen (secondary N) is 1. The molecule has 0 aliphatic carbocycles. The van der Waals surface area contributed by atoms with E-state index in [4.69, 9.17) is 0 Å². The molecule has 0 saturated carbocycles. The Kier molecular flexibility index (Phi) is 3.47. The summed E-state index contributed by atoms with van der Waals surface area (Å²) in [5.74, 6) is 0. The maximum Gasteiger partial charge on any atom is 0.0932 e. The van der Waals surface area contributed by atoms with E-state index < -0.39 is 0 Å². The van der Waals surface area contributed by atoms with E-state index in [9.17, 15) is 0 Å². The van der Waals surface area contributed by atoms with Crippen LogP contribution in [0, 0.1) is 0 Å². The Balaban J connectivity index is 2.36. The van der Waals surface area contributed by atoms with Gasteiger partial charge in [0.05, 0.1) is 11.7 Å². The summed E-state index contributed by atoms with van der Waals surface area (Å²) in [4.78, 5) is 0. The van der Waals surface area contributed by atoms with Crippen molar-refractivity contribution in [2.75, 3.05) is 7.05 Å². The average Bonchev–Trinajstić information content (AvgIpc) is 2.36. The fraction of sp³-hybridized carbons (Fsp3) is 0.385. The van der Waals surface area contributed by atoms with Gasteiger partial charge in [-0.05, 0) is 31.5 Å². The van der Waals surface area contributed by atoms with E-state index in [1.165, 1.54) is 10.9 Å². The third-order valence-corrected chi connectivity index (χ3v) is 3.00. The van der Waals surface area contributed by atoms with Crippen LogP contribution < -0.4 is 5.32 Å². The maximum atomic E-state index is 4.13. The summed E-state index contributed by atoms with van der Waals surface area (Å²) in [6.07, 6.45) is 4.00. The molecule has 1 aromatic heterocycles. The first-order valence-electron chi connectivity index (χ1n) is 5.71. The van der Waals surface area contributed by atoms with E-state index >= 15 is 0 Å². The van der Waals surface area contributed by atoms with Crippen LogP contribution in [0.1, 0.15) is 18.9 Å². The molecule has 16 heavy (non-hydrogen) atoms. The van der Waals surface area contributed by atoms with Gasteiger partial charge in [0.2, 0.25) is 0 Å². The van der Waals surface area contributed by atoms with Gasteiger partial charge in [-0.15, -0.1) is 0 Å². The molecule has 0 radical (unpaired) electrons. The summed E-state index contributed by atoms with van der Waals surface area (Å²) < 4.78 is 0. The molecule has 3 nitrogen and oxygen atoms in total. The van der Waals surface area contributed by atoms with Gasteiger partial charge in [0.1, 0.15) is 0 Å². The lowest BCUT2D eigenvalue weighted by Gasteiger charge is -2.14. The summed E-state index contributed by atoms with van der Waals surface area (Å²) in [6, 6.07) is 8.67. The van der Waals surface area contributed by atoms with Crippen molar-refractivity contribution in [2.45, 2.75) is 25.8 Å². The second-order valence-corrected chi connectivity index (χ2v) is 3.98. The molecule has 2 aromatic rings. The van der Waals surface area contributed by atoms with Crippen LogP contribution in [0.2, 0.25) is 0 Å². The molecule has 0 fully saturated rings. The Hall–Kier alpha value is -1.48. The lowest BCUT2D eigenvalue weighted by Crippen LogP contribution is -2.26. The van der Waals surface area contributed by atoms with Crippen molar-refractivity contribution in [3.05, 3.63) is 36.0 Å². The molecule has 0 saturated heterocycles. The van der Waals surface area contributed by atoms with Gasteiger partial charge < -0.3 is 5.32 Å². The topological polar surface area (TPSA) is 37.8 Å². The third kappa shape index (κ3) is 2.19. The van der Waals surface area contributed by atoms with Crippen LogP contribution in [0.4, 0.5) is 0 Å². The van der Waals surface area contributed by atoms with Gasteiger partial charge in [-0.1, -0.05) is 25.1 Å². The van der Waals surface area contributed by atoms with E-state index in [0.29, 0.717) is 6.04 Å². The molecule has 3 heteroatoms. The van der Waals surface area contributed by atoms with Crippen LogP contribution in [-0.2, 0) is 6.42 Å². The Labute approximate surface area is 95.9 Å². The van der Waals surface area contributed by atoms with Crippen molar-refractivity contribution in [1.29, 1.82) is 0 Å². The zero-order valence-electron chi connectivity index (χ0n) is 9.77. The number of hydrogen-bond donors (Lipinski definition) is 1. The van der Waals surface area contributed by atoms with E-state index in [-0.39, 0.29) is 0 Å². The van der Waals surface area contributed by atoms with E-state index in [1.807, 2.05) is 31.4 Å². The zero-order chi connectivity index (χ0) is 11.4. The number of aromatic nitrogens is 2. The maximum absolute atomic E-state index is 4.13. The Morgan fingerprint density at radius 3 is 2.88 bits per heavy atom. The van der Waals surface area contributed by atoms with E-state index in [0.717, 1.165) is 18.4 Å². The van der Waals surface area contributed by atoms with Crippen molar-refractivity contribution in [3.63, 3.8) is 0 Å². The summed E-state index contributed by atoms with van der Waals surface area (Å²) in [5.41, 5.74) is 2.25. The lowest BCUT2D eigenvalue weighted by atomic mass is 10.0. The minimum Gasteiger partial charge on any atom is -0.317 e. The summed E-state index contributed by atoms with van der Waals surface area (Å²) >= 11 is 0. The molecule has 0 aliphatic rings. The van der Waals surface area contributed by atoms with Crippen molar-refractivity contribution in [3.8, 4) is 0 Å². The van der Waals surface area contributed by atoms with Crippen LogP contribution in [0.3, 0.4) is 0 Å². The second kappa shape index (κ2) is 5.03. The van der Waals surface area contributed by atoms with Gasteiger partial charge in [-0.3, -0.25) is 0 Å². The second-order valence-electron chi connectivity index (χ2n) is 3.98. The number of fused-ring (bicyclic) bond motifs is 1. The molecule has 0 spiro atoms. The largest absolute Gasteiger partial charge is 0.317 e. The molecular weight excluding hydrogens is 198 g/mol. The van der Waals surface area contributed by atoms with Gasteiger partial charge in [-0.25, -0.2) is 0 Å². The first kappa shape index (κ1) is 11.0. The lowest BCUT2D eigenvalue weighted by molar-refractivity contribution is 0.544. The van der Waals surface area contributed by atoms with Crippen LogP contribution >= 0.6 is 0 Å². The van der Waals surface area contributed by atoms with Gasteiger partial charge >= 0.3 is 0 Å². The SMILES string of the molecule is CCC(Cc1cnnc2ccccc12)NC. The van der Waals surface area contributed by atoms with E-state index in [1.54, 1.807) is 0 Å². The number of rotatable bonds is 4. The van der Waals surface area contributed by atoms with Gasteiger partial charge in [-0.2, -0.15) is 10.2 Å². The van der Waals surface area contributed by atoms with Crippen LogP contribution in [0.25, 0.3) is 10.9 Å². The number of likely N-dealkylation sites (N-methyl/N-ethyl adjacent to an activating group) is 1. The highest BCUT2D eigenvalue weighted by atomic mass is 15.1. The summed E-state index contributed by atoms with van der Waals surface area (Å²) in [5, 5.41) is 12.7. The highest BCUT2D eigenvalue weighted by Gasteiger charge is 2.08. The Morgan fingerprint density at radius 1 is 1.31 bits per heavy atom. The molecule has 1 atom stereocenters. The summed E-state index contributed by atoms with van der Waals surface area (Å²) in [7, 11) is 2.00. The first-order valence-corrected chi connectivity index (χ1v) is 5.71. The van der Waals surface area contributed by atoms with Gasteiger partial charge in [0.15, 0.2) is 0 Å². The number of nitrogens with zero attached hydrogens (tertiary/aromatic N) is 2. The third-order valence-electron chi connectivity index (χ3n) is 3.00. The van der Waals surface area contributed by atoms with E-state index in [2.05, 4.69) is 28.5 Å². The zero-order valence-corrected chi connectivity index (χ0v) is 9.77. The molecular formula is C13H17N3. The molecule has 84 valence electrons. The standard InChI is InChI=1S/C13H17N3/c1-3-11(14-2)8-10-9-15-16-13-7-5-4-6-12(10)13/h4-7,9,11,14H,3,8H2,1-2H3. The predicted octanol–water partition coefficient (Wildman–Crippen LogP) is 2.17. The Bertz CT molecular complexity index is 458. The monoisotopic (exact) mass is 215 g/mol. The molecule has 0 aliphatic heterocycles. The Morgan fingerprint density at radius 2 is 2.12 bits per heavy atom. The smallest absolute Gasteiger partial charge is 0.0932 e. The number of hydrogen-bond acceptors (Lipinski definition) is 3. The minimum atomic E-state index is 0.507. The van der Waals surface area contributed by atoms with Crippen molar-refractivity contribution in [1.82, 2.24) is 15.5 Å². The van der Waals surface area contributed by atoms with Gasteiger partial charge in [0.25, 0.3) is 0 Å². The highest BCUT2D eigenvalue weighted by Crippen LogP contribution is 2.16. The highest BCUT2D eigenvalue weighted by molar-refractivity contribution is 5.81. The summed E-state index contributed by atoms with van der Waals surface area (Å²) in [6.45, 7) is 2.19. The number of benzene rings is 1. The fourth-order valence-electron chi connectivity index (χ4n) is 1.94. The average molecular weight is 215 g/mol. The van der Waals surface area contributed by atoms with Gasteiger partial charge in [0, 0.05) is 11.4 Å². The fourth-order valence-corrected chi connectivity index (χ4v) is 1.94. The van der Waals surface area contributed by atoms with Crippen molar-refractivity contribution < 1.29 is 0 Å².